The predicted molar refractivity (Wildman–Crippen MR) is 60.2 cm³/mol. The first-order valence-corrected chi connectivity index (χ1v) is 5.08. The first-order chi connectivity index (χ1) is 7.55. The molecule has 0 aromatic carbocycles. The highest BCUT2D eigenvalue weighted by molar-refractivity contribution is 5.82. The topological polar surface area (TPSA) is 43.6 Å². The van der Waals surface area contributed by atoms with Gasteiger partial charge < -0.3 is 4.74 Å². The molecule has 2 aromatic rings. The van der Waals surface area contributed by atoms with Crippen molar-refractivity contribution in [3.05, 3.63) is 36.2 Å². The molecule has 84 valence electrons. The lowest BCUT2D eigenvalue weighted by molar-refractivity contribution is -0.146. The molecule has 0 aliphatic heterocycles. The van der Waals surface area contributed by atoms with E-state index < -0.39 is 5.41 Å². The Balaban J connectivity index is 2.50. The zero-order chi connectivity index (χ0) is 11.8. The number of esters is 1. The Bertz CT molecular complexity index is 529. The second kappa shape index (κ2) is 3.63. The zero-order valence-electron chi connectivity index (χ0n) is 9.60. The van der Waals surface area contributed by atoms with Crippen LogP contribution >= 0.6 is 0 Å². The molecule has 0 atom stereocenters. The summed E-state index contributed by atoms with van der Waals surface area (Å²) >= 11 is 0. The Kier molecular flexibility index (Phi) is 2.42. The third-order valence-corrected chi connectivity index (χ3v) is 2.81. The van der Waals surface area contributed by atoms with Crippen LogP contribution in [0.3, 0.4) is 0 Å². The molecule has 0 saturated heterocycles. The van der Waals surface area contributed by atoms with Crippen LogP contribution in [0.2, 0.25) is 0 Å². The van der Waals surface area contributed by atoms with Crippen molar-refractivity contribution in [2.24, 2.45) is 0 Å². The van der Waals surface area contributed by atoms with Gasteiger partial charge in [-0.15, -0.1) is 0 Å². The summed E-state index contributed by atoms with van der Waals surface area (Å²) in [7, 11) is 1.40. The molecule has 4 heteroatoms. The van der Waals surface area contributed by atoms with Gasteiger partial charge in [0.15, 0.2) is 0 Å². The molecule has 2 heterocycles. The van der Waals surface area contributed by atoms with Crippen LogP contribution in [0, 0.1) is 0 Å². The Morgan fingerprint density at radius 3 is 2.81 bits per heavy atom. The van der Waals surface area contributed by atoms with Gasteiger partial charge in [-0.25, -0.2) is 4.52 Å². The third-order valence-electron chi connectivity index (χ3n) is 2.81. The number of fused-ring (bicyclic) bond motifs is 1. The number of pyridine rings is 1. The van der Waals surface area contributed by atoms with Gasteiger partial charge in [0.05, 0.1) is 18.0 Å². The number of carbonyl (C=O) groups excluding carboxylic acids is 1. The largest absolute Gasteiger partial charge is 0.468 e. The Morgan fingerprint density at radius 2 is 2.12 bits per heavy atom. The summed E-state index contributed by atoms with van der Waals surface area (Å²) in [4.78, 5) is 11.7. The fourth-order valence-corrected chi connectivity index (χ4v) is 1.66. The van der Waals surface area contributed by atoms with E-state index in [-0.39, 0.29) is 5.97 Å². The van der Waals surface area contributed by atoms with Crippen molar-refractivity contribution < 1.29 is 9.53 Å². The van der Waals surface area contributed by atoms with Crippen molar-refractivity contribution in [3.8, 4) is 0 Å². The predicted octanol–water partition coefficient (Wildman–Crippen LogP) is 1.78. The van der Waals surface area contributed by atoms with Crippen LogP contribution < -0.4 is 0 Å². The number of nitrogens with zero attached hydrogens (tertiary/aromatic N) is 2. The quantitative estimate of drug-likeness (QED) is 0.722. The minimum Gasteiger partial charge on any atom is -0.468 e. The molecule has 0 radical (unpaired) electrons. The molecule has 0 amide bonds. The average Bonchev–Trinajstić information content (AvgIpc) is 2.74. The normalized spacial score (nSPS) is 11.7. The molecule has 0 unspecified atom stereocenters. The van der Waals surface area contributed by atoms with Gasteiger partial charge in [-0.2, -0.15) is 5.10 Å². The highest BCUT2D eigenvalue weighted by Gasteiger charge is 2.31. The van der Waals surface area contributed by atoms with Crippen molar-refractivity contribution in [1.82, 2.24) is 9.61 Å². The van der Waals surface area contributed by atoms with Gasteiger partial charge in [0.1, 0.15) is 0 Å². The average molecular weight is 218 g/mol. The van der Waals surface area contributed by atoms with Crippen LogP contribution in [-0.2, 0) is 14.9 Å². The third kappa shape index (κ3) is 1.56. The van der Waals surface area contributed by atoms with Crippen LogP contribution in [0.1, 0.15) is 19.4 Å². The highest BCUT2D eigenvalue weighted by atomic mass is 16.5. The Hall–Kier alpha value is -1.84. The Morgan fingerprint density at radius 1 is 1.38 bits per heavy atom. The molecule has 2 rings (SSSR count). The summed E-state index contributed by atoms with van der Waals surface area (Å²) in [5.41, 5.74) is 1.23. The van der Waals surface area contributed by atoms with Gasteiger partial charge in [-0.1, -0.05) is 6.07 Å². The van der Waals surface area contributed by atoms with Crippen molar-refractivity contribution in [2.45, 2.75) is 19.3 Å². The van der Waals surface area contributed by atoms with E-state index in [0.717, 1.165) is 11.1 Å². The van der Waals surface area contributed by atoms with E-state index in [1.807, 2.05) is 38.2 Å². The van der Waals surface area contributed by atoms with E-state index in [9.17, 15) is 4.79 Å². The van der Waals surface area contributed by atoms with Crippen molar-refractivity contribution in [2.75, 3.05) is 7.11 Å². The molecule has 0 N–H and O–H groups in total. The number of methoxy groups -OCH3 is 1. The number of hydrogen-bond donors (Lipinski definition) is 0. The fraction of sp³-hybridized carbons (Fsp3) is 0.333. The van der Waals surface area contributed by atoms with E-state index in [1.54, 1.807) is 10.7 Å². The lowest BCUT2D eigenvalue weighted by Crippen LogP contribution is -2.30. The van der Waals surface area contributed by atoms with Crippen LogP contribution in [0.4, 0.5) is 0 Å². The molecule has 0 spiro atoms. The van der Waals surface area contributed by atoms with Gasteiger partial charge in [0.25, 0.3) is 0 Å². The van der Waals surface area contributed by atoms with E-state index >= 15 is 0 Å². The molecule has 2 aromatic heterocycles. The van der Waals surface area contributed by atoms with E-state index in [2.05, 4.69) is 5.10 Å². The molecule has 4 nitrogen and oxygen atoms in total. The number of hydrogen-bond acceptors (Lipinski definition) is 3. The summed E-state index contributed by atoms with van der Waals surface area (Å²) in [6, 6.07) is 5.77. The monoisotopic (exact) mass is 218 g/mol. The van der Waals surface area contributed by atoms with Gasteiger partial charge in [0.2, 0.25) is 0 Å². The summed E-state index contributed by atoms with van der Waals surface area (Å²) in [6.45, 7) is 3.67. The van der Waals surface area contributed by atoms with Crippen molar-refractivity contribution >= 4 is 11.5 Å². The molecular weight excluding hydrogens is 204 g/mol. The number of ether oxygens (including phenoxy) is 1. The van der Waals surface area contributed by atoms with Crippen molar-refractivity contribution in [1.29, 1.82) is 0 Å². The standard InChI is InChI=1S/C12H14N2O2/c1-12(2,11(15)16-3)9-4-5-10-6-7-13-14(10)8-9/h4-8H,1-3H3. The molecule has 0 aliphatic rings. The lowest BCUT2D eigenvalue weighted by Gasteiger charge is -2.21. The minimum absolute atomic E-state index is 0.251. The molecule has 0 fully saturated rings. The molecule has 16 heavy (non-hydrogen) atoms. The van der Waals surface area contributed by atoms with Crippen LogP contribution in [-0.4, -0.2) is 22.7 Å². The summed E-state index contributed by atoms with van der Waals surface area (Å²) < 4.78 is 6.54. The fourth-order valence-electron chi connectivity index (χ4n) is 1.66. The highest BCUT2D eigenvalue weighted by Crippen LogP contribution is 2.24. The number of carbonyl (C=O) groups is 1. The second-order valence-electron chi connectivity index (χ2n) is 4.23. The van der Waals surface area contributed by atoms with E-state index in [1.165, 1.54) is 7.11 Å². The van der Waals surface area contributed by atoms with Crippen LogP contribution in [0.15, 0.2) is 30.6 Å². The molecular formula is C12H14N2O2. The minimum atomic E-state index is -0.658. The summed E-state index contributed by atoms with van der Waals surface area (Å²) in [5, 5.41) is 4.14. The first-order valence-electron chi connectivity index (χ1n) is 5.08. The van der Waals surface area contributed by atoms with Crippen LogP contribution in [0.5, 0.6) is 0 Å². The zero-order valence-corrected chi connectivity index (χ0v) is 9.60. The first kappa shape index (κ1) is 10.7. The lowest BCUT2D eigenvalue weighted by atomic mass is 9.86. The van der Waals surface area contributed by atoms with E-state index in [4.69, 9.17) is 4.74 Å². The van der Waals surface area contributed by atoms with E-state index in [0.29, 0.717) is 0 Å². The van der Waals surface area contributed by atoms with Gasteiger partial charge in [-0.3, -0.25) is 4.79 Å². The second-order valence-corrected chi connectivity index (χ2v) is 4.23. The Labute approximate surface area is 93.8 Å². The molecule has 0 saturated carbocycles. The maximum absolute atomic E-state index is 11.7. The summed E-state index contributed by atoms with van der Waals surface area (Å²) in [5.74, 6) is -0.251. The number of aromatic nitrogens is 2. The smallest absolute Gasteiger partial charge is 0.315 e. The van der Waals surface area contributed by atoms with Crippen LogP contribution in [0.25, 0.3) is 5.52 Å². The SMILES string of the molecule is COC(=O)C(C)(C)c1ccc2ccnn2c1. The maximum atomic E-state index is 11.7. The van der Waals surface area contributed by atoms with Gasteiger partial charge in [-0.05, 0) is 31.5 Å². The van der Waals surface area contributed by atoms with Crippen molar-refractivity contribution in [3.63, 3.8) is 0 Å². The maximum Gasteiger partial charge on any atom is 0.315 e. The van der Waals surface area contributed by atoms with Gasteiger partial charge in [0, 0.05) is 12.4 Å². The number of rotatable bonds is 2. The molecule has 0 aliphatic carbocycles. The molecule has 0 bridgehead atoms. The van der Waals surface area contributed by atoms with Gasteiger partial charge >= 0.3 is 5.97 Å². The summed E-state index contributed by atoms with van der Waals surface area (Å²) in [6.07, 6.45) is 3.58.